The molecule has 0 heterocycles. The Balaban J connectivity index is 2.35. The number of carbonyl (C=O) groups excluding carboxylic acids is 1. The molecule has 1 aliphatic rings. The summed E-state index contributed by atoms with van der Waals surface area (Å²) in [6.45, 7) is 13.9. The Morgan fingerprint density at radius 1 is 1.00 bits per heavy atom. The molecule has 0 aliphatic heterocycles. The number of Topliss-reactive ketones (excluding diaryl/α,β-unsaturated/α-hetero) is 1. The zero-order chi connectivity index (χ0) is 14.0. The van der Waals surface area contributed by atoms with E-state index in [1.165, 1.54) is 12.8 Å². The van der Waals surface area contributed by atoms with Crippen molar-refractivity contribution in [2.45, 2.75) is 72.8 Å². The van der Waals surface area contributed by atoms with Crippen molar-refractivity contribution in [3.63, 3.8) is 0 Å². The fourth-order valence-corrected chi connectivity index (χ4v) is 2.69. The van der Waals surface area contributed by atoms with Crippen molar-refractivity contribution >= 4 is 5.78 Å². The quantitative estimate of drug-likeness (QED) is 0.829. The van der Waals surface area contributed by atoms with Crippen LogP contribution in [0.1, 0.15) is 67.2 Å². The summed E-state index contributed by atoms with van der Waals surface area (Å²) in [6.07, 6.45) is 4.59. The van der Waals surface area contributed by atoms with E-state index in [1.54, 1.807) is 0 Å². The molecule has 0 aromatic carbocycles. The summed E-state index contributed by atoms with van der Waals surface area (Å²) in [5.74, 6) is 1.54. The summed E-state index contributed by atoms with van der Waals surface area (Å²) in [5.41, 5.74) is 0.0409. The summed E-state index contributed by atoms with van der Waals surface area (Å²) >= 11 is 0. The first-order valence-electron chi connectivity index (χ1n) is 7.39. The number of hydrogen-bond acceptors (Lipinski definition) is 2. The lowest BCUT2D eigenvalue weighted by Crippen LogP contribution is -2.40. The van der Waals surface area contributed by atoms with E-state index in [4.69, 9.17) is 0 Å². The monoisotopic (exact) mass is 253 g/mol. The molecule has 1 saturated carbocycles. The molecule has 0 bridgehead atoms. The summed E-state index contributed by atoms with van der Waals surface area (Å²) in [7, 11) is 0. The molecule has 0 aromatic rings. The molecule has 0 unspecified atom stereocenters. The Hall–Kier alpha value is -0.370. The third-order valence-electron chi connectivity index (χ3n) is 3.88. The van der Waals surface area contributed by atoms with Crippen molar-refractivity contribution in [2.75, 3.05) is 6.54 Å². The summed E-state index contributed by atoms with van der Waals surface area (Å²) in [6, 6.07) is 0. The molecule has 0 atom stereocenters. The van der Waals surface area contributed by atoms with E-state index in [2.05, 4.69) is 26.1 Å². The van der Waals surface area contributed by atoms with E-state index in [-0.39, 0.29) is 11.0 Å². The van der Waals surface area contributed by atoms with Gasteiger partial charge in [0, 0.05) is 16.9 Å². The van der Waals surface area contributed by atoms with Crippen molar-refractivity contribution in [1.29, 1.82) is 0 Å². The van der Waals surface area contributed by atoms with Gasteiger partial charge < -0.3 is 5.32 Å². The molecule has 0 radical (unpaired) electrons. The Labute approximate surface area is 113 Å². The molecule has 2 nitrogen and oxygen atoms in total. The van der Waals surface area contributed by atoms with Crippen LogP contribution in [0.15, 0.2) is 0 Å². The van der Waals surface area contributed by atoms with Crippen LogP contribution >= 0.6 is 0 Å². The number of nitrogens with one attached hydrogen (secondary N) is 1. The number of rotatable bonds is 3. The van der Waals surface area contributed by atoms with E-state index < -0.39 is 0 Å². The van der Waals surface area contributed by atoms with Crippen LogP contribution in [-0.2, 0) is 4.79 Å². The molecule has 0 amide bonds. The second-order valence-corrected chi connectivity index (χ2v) is 7.96. The van der Waals surface area contributed by atoms with Gasteiger partial charge in [-0.25, -0.2) is 0 Å². The van der Waals surface area contributed by atoms with Crippen molar-refractivity contribution < 1.29 is 4.79 Å². The van der Waals surface area contributed by atoms with E-state index in [0.29, 0.717) is 11.7 Å². The SMILES string of the molecule is CC(C)(C)NC[C@H]1CC[C@H](C(=O)C(C)(C)C)CC1. The van der Waals surface area contributed by atoms with Gasteiger partial charge in [-0.05, 0) is 58.9 Å². The van der Waals surface area contributed by atoms with Crippen LogP contribution in [0.25, 0.3) is 0 Å². The summed E-state index contributed by atoms with van der Waals surface area (Å²) < 4.78 is 0. The van der Waals surface area contributed by atoms with Gasteiger partial charge in [0.25, 0.3) is 0 Å². The lowest BCUT2D eigenvalue weighted by Gasteiger charge is -2.33. The van der Waals surface area contributed by atoms with Gasteiger partial charge in [-0.3, -0.25) is 4.79 Å². The predicted octanol–water partition coefficient (Wildman–Crippen LogP) is 3.80. The fraction of sp³-hybridized carbons (Fsp3) is 0.938. The van der Waals surface area contributed by atoms with Gasteiger partial charge in [-0.2, -0.15) is 0 Å². The average molecular weight is 253 g/mol. The Morgan fingerprint density at radius 3 is 1.89 bits per heavy atom. The van der Waals surface area contributed by atoms with Crippen LogP contribution in [0.4, 0.5) is 0 Å². The first-order valence-corrected chi connectivity index (χ1v) is 7.39. The lowest BCUT2D eigenvalue weighted by molar-refractivity contribution is -0.131. The topological polar surface area (TPSA) is 29.1 Å². The van der Waals surface area contributed by atoms with Gasteiger partial charge in [0.15, 0.2) is 0 Å². The smallest absolute Gasteiger partial charge is 0.141 e. The predicted molar refractivity (Wildman–Crippen MR) is 77.7 cm³/mol. The van der Waals surface area contributed by atoms with Crippen LogP contribution < -0.4 is 5.32 Å². The van der Waals surface area contributed by atoms with Crippen molar-refractivity contribution in [3.05, 3.63) is 0 Å². The van der Waals surface area contributed by atoms with E-state index >= 15 is 0 Å². The minimum atomic E-state index is -0.166. The van der Waals surface area contributed by atoms with Crippen LogP contribution in [-0.4, -0.2) is 17.9 Å². The molecular weight excluding hydrogens is 222 g/mol. The first kappa shape index (κ1) is 15.7. The van der Waals surface area contributed by atoms with Gasteiger partial charge in [0.05, 0.1) is 0 Å². The third-order valence-corrected chi connectivity index (χ3v) is 3.88. The molecule has 106 valence electrons. The molecule has 0 aromatic heterocycles. The third kappa shape index (κ3) is 5.09. The largest absolute Gasteiger partial charge is 0.312 e. The lowest BCUT2D eigenvalue weighted by atomic mass is 9.73. The van der Waals surface area contributed by atoms with Crippen LogP contribution in [0, 0.1) is 17.3 Å². The molecule has 18 heavy (non-hydrogen) atoms. The molecule has 1 fully saturated rings. The van der Waals surface area contributed by atoms with Crippen molar-refractivity contribution in [3.8, 4) is 0 Å². The number of ketones is 1. The second kappa shape index (κ2) is 5.73. The fourth-order valence-electron chi connectivity index (χ4n) is 2.69. The molecule has 2 heteroatoms. The first-order chi connectivity index (χ1) is 8.09. The summed E-state index contributed by atoms with van der Waals surface area (Å²) in [5, 5.41) is 3.58. The zero-order valence-corrected chi connectivity index (χ0v) is 13.1. The molecule has 0 saturated heterocycles. The number of carbonyl (C=O) groups is 1. The minimum Gasteiger partial charge on any atom is -0.312 e. The average Bonchev–Trinajstić information content (AvgIpc) is 2.24. The zero-order valence-electron chi connectivity index (χ0n) is 13.1. The Morgan fingerprint density at radius 2 is 1.50 bits per heavy atom. The van der Waals surface area contributed by atoms with Gasteiger partial charge in [0.2, 0.25) is 0 Å². The normalized spacial score (nSPS) is 26.1. The highest BCUT2D eigenvalue weighted by Gasteiger charge is 2.32. The highest BCUT2D eigenvalue weighted by atomic mass is 16.1. The highest BCUT2D eigenvalue weighted by molar-refractivity contribution is 5.85. The van der Waals surface area contributed by atoms with Gasteiger partial charge >= 0.3 is 0 Å². The van der Waals surface area contributed by atoms with Gasteiger partial charge in [-0.15, -0.1) is 0 Å². The van der Waals surface area contributed by atoms with E-state index in [1.807, 2.05) is 20.8 Å². The summed E-state index contributed by atoms with van der Waals surface area (Å²) in [4.78, 5) is 12.2. The van der Waals surface area contributed by atoms with Gasteiger partial charge in [0.1, 0.15) is 5.78 Å². The molecule has 1 aliphatic carbocycles. The second-order valence-electron chi connectivity index (χ2n) is 7.96. The highest BCUT2D eigenvalue weighted by Crippen LogP contribution is 2.33. The maximum atomic E-state index is 12.2. The van der Waals surface area contributed by atoms with Crippen LogP contribution in [0.3, 0.4) is 0 Å². The molecule has 0 spiro atoms. The Kier molecular flexibility index (Phi) is 4.99. The Bertz CT molecular complexity index is 274. The van der Waals surface area contributed by atoms with E-state index in [0.717, 1.165) is 25.3 Å². The maximum absolute atomic E-state index is 12.2. The molecule has 1 N–H and O–H groups in total. The number of hydrogen-bond donors (Lipinski definition) is 1. The minimum absolute atomic E-state index is 0.166. The van der Waals surface area contributed by atoms with Crippen molar-refractivity contribution in [1.82, 2.24) is 5.32 Å². The van der Waals surface area contributed by atoms with Crippen LogP contribution in [0.2, 0.25) is 0 Å². The van der Waals surface area contributed by atoms with E-state index in [9.17, 15) is 4.79 Å². The van der Waals surface area contributed by atoms with Crippen LogP contribution in [0.5, 0.6) is 0 Å². The van der Waals surface area contributed by atoms with Gasteiger partial charge in [-0.1, -0.05) is 20.8 Å². The standard InChI is InChI=1S/C16H31NO/c1-15(2,3)14(18)13-9-7-12(8-10-13)11-17-16(4,5)6/h12-13,17H,7-11H2,1-6H3/t12-,13-. The maximum Gasteiger partial charge on any atom is 0.141 e. The molecular formula is C16H31NO. The van der Waals surface area contributed by atoms with Crippen molar-refractivity contribution in [2.24, 2.45) is 17.3 Å². The molecule has 1 rings (SSSR count).